The van der Waals surface area contributed by atoms with Crippen molar-refractivity contribution in [2.75, 3.05) is 23.7 Å². The van der Waals surface area contributed by atoms with Crippen molar-refractivity contribution in [1.29, 1.82) is 0 Å². The highest BCUT2D eigenvalue weighted by atomic mass is 19.4. The molecule has 1 fully saturated rings. The Morgan fingerprint density at radius 3 is 1.36 bits per heavy atom. The SMILES string of the molecule is Cc1cc(-c2cnc3c(NCCC(F)(F)F)cc(Oc4ccc(OC(F)(F)F)c(F)c4)cn23)ccc1C(=O)NC1CC1.Cc1cc(-c2cnc3c(NCCC(F)(F)F)cc(Oc4ccc(OC(F)(F)F)c(F)c4)cn23)ccc1C(=O)O. The maximum absolute atomic E-state index is 14.3. The molecule has 4 N–H and O–H groups in total. The largest absolute Gasteiger partial charge is 0.573 e. The van der Waals surface area contributed by atoms with Crippen molar-refractivity contribution in [3.8, 4) is 57.0 Å². The molecule has 0 saturated heterocycles. The molecule has 14 nitrogen and oxygen atoms in total. The number of aromatic nitrogens is 4. The fourth-order valence-electron chi connectivity index (χ4n) is 8.01. The fourth-order valence-corrected chi connectivity index (χ4v) is 8.01. The van der Waals surface area contributed by atoms with Gasteiger partial charge in [-0.2, -0.15) is 26.3 Å². The molecular weight excluding hydrogens is 1110 g/mol. The molecule has 1 aliphatic carbocycles. The molecule has 4 aromatic heterocycles. The van der Waals surface area contributed by atoms with E-state index in [0.717, 1.165) is 31.0 Å². The van der Waals surface area contributed by atoms with E-state index >= 15 is 0 Å². The van der Waals surface area contributed by atoms with Crippen molar-refractivity contribution in [2.45, 2.75) is 70.6 Å². The van der Waals surface area contributed by atoms with Crippen molar-refractivity contribution < 1.29 is 95.1 Å². The zero-order chi connectivity index (χ0) is 58.8. The molecule has 1 saturated carbocycles. The Morgan fingerprint density at radius 2 is 1.00 bits per heavy atom. The van der Waals surface area contributed by atoms with Crippen molar-refractivity contribution >= 4 is 34.5 Å². The topological polar surface area (TPSA) is 162 Å². The minimum Gasteiger partial charge on any atom is -0.478 e. The molecule has 4 aromatic carbocycles. The second kappa shape index (κ2) is 23.0. The number of carboxylic acids is 1. The van der Waals surface area contributed by atoms with E-state index in [9.17, 15) is 76.2 Å². The Balaban J connectivity index is 0.000000213. The highest BCUT2D eigenvalue weighted by Crippen LogP contribution is 2.37. The summed E-state index contributed by atoms with van der Waals surface area (Å²) in [4.78, 5) is 32.5. The minimum atomic E-state index is -5.11. The zero-order valence-corrected chi connectivity index (χ0v) is 41.7. The average molecular weight is 1150 g/mol. The summed E-state index contributed by atoms with van der Waals surface area (Å²) in [5.41, 5.74) is 4.56. The van der Waals surface area contributed by atoms with Gasteiger partial charge in [-0.15, -0.1) is 26.3 Å². The molecule has 428 valence electrons. The first-order valence-corrected chi connectivity index (χ1v) is 23.8. The maximum Gasteiger partial charge on any atom is 0.573 e. The number of amides is 1. The molecule has 0 aliphatic heterocycles. The molecular formula is C53H41F14N7O7. The normalized spacial score (nSPS) is 12.9. The Morgan fingerprint density at radius 1 is 0.580 bits per heavy atom. The standard InChI is InChI=1S/C28H23F7N4O3.C25H18F7N3O4/c1-15-10-16(2-6-20(15)26(40)38-17-3-4-17)23-13-37-25-22(36-9-8-27(30,31)32)12-19(14-39(23)25)41-18-5-7-24(21(29)11-18)42-28(33,34)35;1-13-8-14(2-4-17(13)23(36)37)20-11-34-22-19(33-7-6-24(27,28)29)10-16(12-35(20)22)38-15-3-5-21(18(26)9-15)39-25(30,31)32/h2,5-7,10-14,17,36H,3-4,8-9H2,1H3,(H,38,40);2-5,8-12,33H,6-7H2,1H3,(H,36,37). The summed E-state index contributed by atoms with van der Waals surface area (Å²) in [6, 6.07) is 17.3. The van der Waals surface area contributed by atoms with Gasteiger partial charge in [0.1, 0.15) is 23.0 Å². The summed E-state index contributed by atoms with van der Waals surface area (Å²) >= 11 is 0. The van der Waals surface area contributed by atoms with Crippen molar-refractivity contribution in [1.82, 2.24) is 24.1 Å². The molecule has 28 heteroatoms. The third-order valence-corrected chi connectivity index (χ3v) is 11.8. The number of aromatic carboxylic acids is 1. The van der Waals surface area contributed by atoms with Crippen LogP contribution in [0.15, 0.2) is 110 Å². The number of ether oxygens (including phenoxy) is 4. The van der Waals surface area contributed by atoms with Crippen LogP contribution in [-0.4, -0.2) is 80.0 Å². The first kappa shape index (κ1) is 58.2. The van der Waals surface area contributed by atoms with Crippen LogP contribution in [0, 0.1) is 25.5 Å². The Labute approximate surface area is 447 Å². The van der Waals surface area contributed by atoms with Crippen LogP contribution in [0.4, 0.5) is 72.8 Å². The number of aryl methyl sites for hydroxylation is 2. The summed E-state index contributed by atoms with van der Waals surface area (Å²) in [5.74, 6) is -6.52. The van der Waals surface area contributed by atoms with Gasteiger partial charge in [-0.1, -0.05) is 12.1 Å². The summed E-state index contributed by atoms with van der Waals surface area (Å²) < 4.78 is 201. The van der Waals surface area contributed by atoms with E-state index in [-0.39, 0.29) is 63.2 Å². The summed E-state index contributed by atoms with van der Waals surface area (Å²) in [7, 11) is 0. The van der Waals surface area contributed by atoms with Crippen LogP contribution in [0.1, 0.15) is 57.5 Å². The Bertz CT molecular complexity index is 3630. The van der Waals surface area contributed by atoms with E-state index in [0.29, 0.717) is 57.4 Å². The Hall–Kier alpha value is -8.98. The number of carboxylic acid groups (broad SMARTS) is 1. The quantitative estimate of drug-likeness (QED) is 0.0642. The van der Waals surface area contributed by atoms with Gasteiger partial charge >= 0.3 is 31.0 Å². The monoisotopic (exact) mass is 1150 g/mol. The van der Waals surface area contributed by atoms with Gasteiger partial charge in [0, 0.05) is 60.1 Å². The number of carbonyl (C=O) groups excluding carboxylic acids is 1. The third-order valence-electron chi connectivity index (χ3n) is 11.8. The van der Waals surface area contributed by atoms with Gasteiger partial charge in [0.15, 0.2) is 34.4 Å². The Kier molecular flexibility index (Phi) is 16.5. The van der Waals surface area contributed by atoms with Gasteiger partial charge < -0.3 is 40.0 Å². The molecule has 4 heterocycles. The highest BCUT2D eigenvalue weighted by molar-refractivity contribution is 5.96. The van der Waals surface area contributed by atoms with Crippen LogP contribution in [0.5, 0.6) is 34.5 Å². The van der Waals surface area contributed by atoms with Crippen LogP contribution in [-0.2, 0) is 0 Å². The predicted octanol–water partition coefficient (Wildman–Crippen LogP) is 14.6. The summed E-state index contributed by atoms with van der Waals surface area (Å²) in [5, 5.41) is 17.5. The van der Waals surface area contributed by atoms with Gasteiger partial charge in [0.05, 0.1) is 66.0 Å². The van der Waals surface area contributed by atoms with E-state index in [4.69, 9.17) is 9.47 Å². The third kappa shape index (κ3) is 15.4. The molecule has 81 heavy (non-hydrogen) atoms. The number of benzene rings is 4. The average Bonchev–Trinajstić information content (AvgIpc) is 4.00. The smallest absolute Gasteiger partial charge is 0.478 e. The first-order valence-electron chi connectivity index (χ1n) is 23.8. The van der Waals surface area contributed by atoms with Crippen LogP contribution < -0.4 is 34.9 Å². The van der Waals surface area contributed by atoms with Crippen LogP contribution in [0.2, 0.25) is 0 Å². The fraction of sp³-hybridized carbons (Fsp3) is 0.245. The van der Waals surface area contributed by atoms with Crippen LogP contribution >= 0.6 is 0 Å². The van der Waals surface area contributed by atoms with E-state index in [1.54, 1.807) is 42.5 Å². The van der Waals surface area contributed by atoms with E-state index in [2.05, 4.69) is 35.4 Å². The molecule has 0 bridgehead atoms. The number of alkyl halides is 12. The lowest BCUT2D eigenvalue weighted by molar-refractivity contribution is -0.276. The molecule has 0 radical (unpaired) electrons. The van der Waals surface area contributed by atoms with Gasteiger partial charge in [-0.05, 0) is 86.3 Å². The number of carbonyl (C=O) groups is 2. The number of pyridine rings is 2. The van der Waals surface area contributed by atoms with E-state index in [1.807, 2.05) is 0 Å². The highest BCUT2D eigenvalue weighted by Gasteiger charge is 2.34. The number of rotatable bonds is 17. The number of nitrogens with zero attached hydrogens (tertiary/aromatic N) is 4. The van der Waals surface area contributed by atoms with Gasteiger partial charge in [0.2, 0.25) is 0 Å². The second-order valence-corrected chi connectivity index (χ2v) is 18.0. The van der Waals surface area contributed by atoms with Gasteiger partial charge in [-0.3, -0.25) is 13.6 Å². The maximum atomic E-state index is 14.3. The lowest BCUT2D eigenvalue weighted by atomic mass is 10.0. The second-order valence-electron chi connectivity index (χ2n) is 18.0. The molecule has 1 amide bonds. The van der Waals surface area contributed by atoms with Gasteiger partial charge in [-0.25, -0.2) is 23.5 Å². The molecule has 0 atom stereocenters. The van der Waals surface area contributed by atoms with Crippen molar-refractivity contribution in [2.24, 2.45) is 0 Å². The summed E-state index contributed by atoms with van der Waals surface area (Å²) in [6.45, 7) is 2.38. The van der Waals surface area contributed by atoms with Gasteiger partial charge in [0.25, 0.3) is 5.91 Å². The van der Waals surface area contributed by atoms with Crippen molar-refractivity contribution in [3.05, 3.63) is 144 Å². The molecule has 0 spiro atoms. The number of fused-ring (bicyclic) bond motifs is 2. The zero-order valence-electron chi connectivity index (χ0n) is 41.7. The predicted molar refractivity (Wildman–Crippen MR) is 263 cm³/mol. The number of hydrogen-bond acceptors (Lipinski definition) is 10. The molecule has 0 unspecified atom stereocenters. The number of nitrogens with one attached hydrogen (secondary N) is 3. The number of halogens is 14. The van der Waals surface area contributed by atoms with E-state index in [1.165, 1.54) is 53.5 Å². The van der Waals surface area contributed by atoms with Crippen molar-refractivity contribution in [3.63, 3.8) is 0 Å². The van der Waals surface area contributed by atoms with Crippen LogP contribution in [0.25, 0.3) is 33.8 Å². The summed E-state index contributed by atoms with van der Waals surface area (Å²) in [6.07, 6.45) is -13.7. The first-order chi connectivity index (χ1) is 38.0. The molecule has 8 aromatic rings. The number of hydrogen-bond donors (Lipinski definition) is 4. The molecule has 9 rings (SSSR count). The minimum absolute atomic E-state index is 0.0148. The van der Waals surface area contributed by atoms with E-state index < -0.39 is 80.1 Å². The number of anilines is 2. The van der Waals surface area contributed by atoms with Crippen LogP contribution in [0.3, 0.4) is 0 Å². The molecule has 1 aliphatic rings. The number of imidazole rings is 2. The lowest BCUT2D eigenvalue weighted by Crippen LogP contribution is -2.26. The lowest BCUT2D eigenvalue weighted by Gasteiger charge is -2.15.